The molecular formula is C21H22N4. The Labute approximate surface area is 146 Å². The number of nitrogens with two attached hydrogens (primary N) is 1. The van der Waals surface area contributed by atoms with Crippen molar-refractivity contribution >= 4 is 21.9 Å². The highest BCUT2D eigenvalue weighted by atomic mass is 14.9. The number of benzene rings is 2. The third-order valence-electron chi connectivity index (χ3n) is 5.71. The second kappa shape index (κ2) is 5.46. The second-order valence-corrected chi connectivity index (χ2v) is 7.29. The van der Waals surface area contributed by atoms with Crippen LogP contribution in [0.25, 0.3) is 21.9 Å². The number of para-hydroxylation sites is 1. The van der Waals surface area contributed by atoms with Crippen LogP contribution in [0.15, 0.2) is 48.8 Å². The maximum Gasteiger partial charge on any atom is 0.0931 e. The number of nitrogens with one attached hydrogen (secondary N) is 2. The average Bonchev–Trinajstić information content (AvgIpc) is 3.25. The quantitative estimate of drug-likeness (QED) is 0.528. The number of hydrogen-bond donors (Lipinski definition) is 3. The van der Waals surface area contributed by atoms with E-state index in [-0.39, 0.29) is 5.54 Å². The predicted molar refractivity (Wildman–Crippen MR) is 102 cm³/mol. The van der Waals surface area contributed by atoms with Gasteiger partial charge in [-0.05, 0) is 61.4 Å². The van der Waals surface area contributed by atoms with Gasteiger partial charge in [-0.2, -0.15) is 0 Å². The molecule has 2 aromatic heterocycles. The molecule has 0 saturated carbocycles. The maximum absolute atomic E-state index is 6.92. The molecule has 1 atom stereocenters. The minimum atomic E-state index is -0.268. The lowest BCUT2D eigenvalue weighted by Gasteiger charge is -2.34. The van der Waals surface area contributed by atoms with Gasteiger partial charge in [0.15, 0.2) is 0 Å². The molecular weight excluding hydrogens is 308 g/mol. The van der Waals surface area contributed by atoms with Gasteiger partial charge in [0.2, 0.25) is 0 Å². The fourth-order valence-corrected chi connectivity index (χ4v) is 4.35. The number of aromatic nitrogens is 3. The van der Waals surface area contributed by atoms with E-state index in [4.69, 9.17) is 5.73 Å². The summed E-state index contributed by atoms with van der Waals surface area (Å²) in [6.07, 6.45) is 6.99. The summed E-state index contributed by atoms with van der Waals surface area (Å²) in [5, 5.41) is 1.34. The van der Waals surface area contributed by atoms with Crippen molar-refractivity contribution in [2.75, 3.05) is 0 Å². The van der Waals surface area contributed by atoms with Crippen LogP contribution in [0.1, 0.15) is 36.1 Å². The van der Waals surface area contributed by atoms with Crippen LogP contribution in [-0.2, 0) is 18.4 Å². The van der Waals surface area contributed by atoms with Gasteiger partial charge in [0, 0.05) is 16.6 Å². The highest BCUT2D eigenvalue weighted by molar-refractivity contribution is 5.85. The molecule has 126 valence electrons. The fourth-order valence-electron chi connectivity index (χ4n) is 4.35. The normalized spacial score (nSPS) is 20.2. The van der Waals surface area contributed by atoms with Gasteiger partial charge in [-0.1, -0.05) is 24.3 Å². The smallest absolute Gasteiger partial charge is 0.0931 e. The first kappa shape index (κ1) is 14.7. The fraction of sp³-hybridized carbons (Fsp3) is 0.286. The second-order valence-electron chi connectivity index (χ2n) is 7.29. The van der Waals surface area contributed by atoms with Gasteiger partial charge in [0.1, 0.15) is 0 Å². The molecule has 2 aromatic carbocycles. The Hall–Kier alpha value is -2.59. The predicted octanol–water partition coefficient (Wildman–Crippen LogP) is 4.17. The molecule has 0 fully saturated rings. The first-order valence-corrected chi connectivity index (χ1v) is 9.04. The van der Waals surface area contributed by atoms with Gasteiger partial charge in [-0.3, -0.25) is 0 Å². The minimum absolute atomic E-state index is 0.268. The van der Waals surface area contributed by atoms with Crippen LogP contribution in [0.2, 0.25) is 0 Å². The van der Waals surface area contributed by atoms with E-state index in [9.17, 15) is 0 Å². The Balaban J connectivity index is 1.47. The van der Waals surface area contributed by atoms with Crippen molar-refractivity contribution < 1.29 is 0 Å². The van der Waals surface area contributed by atoms with Crippen molar-refractivity contribution in [3.63, 3.8) is 0 Å². The summed E-state index contributed by atoms with van der Waals surface area (Å²) in [7, 11) is 0. The number of fused-ring (bicyclic) bond motifs is 4. The SMILES string of the molecule is NC1(CCc2ccc3nc[nH]c3c2)CCCc2c1[nH]c1ccccc21. The summed E-state index contributed by atoms with van der Waals surface area (Å²) >= 11 is 0. The van der Waals surface area contributed by atoms with E-state index in [0.29, 0.717) is 0 Å². The lowest BCUT2D eigenvalue weighted by atomic mass is 9.77. The van der Waals surface area contributed by atoms with Crippen LogP contribution >= 0.6 is 0 Å². The third-order valence-corrected chi connectivity index (χ3v) is 5.71. The first-order valence-electron chi connectivity index (χ1n) is 9.04. The molecule has 1 aliphatic carbocycles. The van der Waals surface area contributed by atoms with Crippen LogP contribution in [0, 0.1) is 0 Å². The molecule has 4 nitrogen and oxygen atoms in total. The summed E-state index contributed by atoms with van der Waals surface area (Å²) in [4.78, 5) is 11.1. The van der Waals surface area contributed by atoms with Crippen molar-refractivity contribution in [3.8, 4) is 0 Å². The summed E-state index contributed by atoms with van der Waals surface area (Å²) in [5.41, 5.74) is 14.0. The number of rotatable bonds is 3. The van der Waals surface area contributed by atoms with Gasteiger partial charge in [0.05, 0.1) is 22.9 Å². The zero-order chi connectivity index (χ0) is 16.9. The zero-order valence-corrected chi connectivity index (χ0v) is 14.2. The molecule has 0 saturated heterocycles. The Morgan fingerprint density at radius 1 is 1.12 bits per heavy atom. The summed E-state index contributed by atoms with van der Waals surface area (Å²) in [6, 6.07) is 15.0. The number of aryl methyl sites for hydroxylation is 2. The first-order chi connectivity index (χ1) is 12.2. The largest absolute Gasteiger partial charge is 0.357 e. The van der Waals surface area contributed by atoms with Crippen molar-refractivity contribution in [2.45, 2.75) is 37.6 Å². The van der Waals surface area contributed by atoms with Crippen LogP contribution in [0.3, 0.4) is 0 Å². The van der Waals surface area contributed by atoms with E-state index >= 15 is 0 Å². The van der Waals surface area contributed by atoms with E-state index in [0.717, 1.165) is 43.1 Å². The van der Waals surface area contributed by atoms with Gasteiger partial charge in [-0.25, -0.2) is 4.98 Å². The number of nitrogens with zero attached hydrogens (tertiary/aromatic N) is 1. The minimum Gasteiger partial charge on any atom is -0.357 e. The topological polar surface area (TPSA) is 70.5 Å². The summed E-state index contributed by atoms with van der Waals surface area (Å²) < 4.78 is 0. The molecule has 0 aliphatic heterocycles. The van der Waals surface area contributed by atoms with Crippen molar-refractivity contribution in [2.24, 2.45) is 5.73 Å². The monoisotopic (exact) mass is 330 g/mol. The van der Waals surface area contributed by atoms with Crippen molar-refractivity contribution in [3.05, 3.63) is 65.6 Å². The summed E-state index contributed by atoms with van der Waals surface area (Å²) in [5.74, 6) is 0. The van der Waals surface area contributed by atoms with E-state index in [1.807, 2.05) is 0 Å². The van der Waals surface area contributed by atoms with E-state index in [1.165, 1.54) is 27.7 Å². The van der Waals surface area contributed by atoms with Crippen LogP contribution in [0.4, 0.5) is 0 Å². The Kier molecular flexibility index (Phi) is 3.22. The van der Waals surface area contributed by atoms with Crippen LogP contribution in [-0.4, -0.2) is 15.0 Å². The van der Waals surface area contributed by atoms with Gasteiger partial charge in [0.25, 0.3) is 0 Å². The number of imidazole rings is 1. The zero-order valence-electron chi connectivity index (χ0n) is 14.2. The molecule has 5 rings (SSSR count). The Morgan fingerprint density at radius 3 is 3.00 bits per heavy atom. The van der Waals surface area contributed by atoms with E-state index < -0.39 is 0 Å². The molecule has 0 bridgehead atoms. The molecule has 0 amide bonds. The average molecular weight is 330 g/mol. The van der Waals surface area contributed by atoms with E-state index in [2.05, 4.69) is 57.4 Å². The molecule has 0 radical (unpaired) electrons. The number of hydrogen-bond acceptors (Lipinski definition) is 2. The molecule has 0 spiro atoms. The molecule has 2 heterocycles. The van der Waals surface area contributed by atoms with Gasteiger partial charge >= 0.3 is 0 Å². The molecule has 25 heavy (non-hydrogen) atoms. The van der Waals surface area contributed by atoms with Crippen molar-refractivity contribution in [1.82, 2.24) is 15.0 Å². The van der Waals surface area contributed by atoms with Crippen LogP contribution < -0.4 is 5.73 Å². The molecule has 4 N–H and O–H groups in total. The van der Waals surface area contributed by atoms with Gasteiger partial charge < -0.3 is 15.7 Å². The summed E-state index contributed by atoms with van der Waals surface area (Å²) in [6.45, 7) is 0. The molecule has 1 aliphatic rings. The highest BCUT2D eigenvalue weighted by Gasteiger charge is 2.34. The van der Waals surface area contributed by atoms with Crippen molar-refractivity contribution in [1.29, 1.82) is 0 Å². The third kappa shape index (κ3) is 2.36. The lowest BCUT2D eigenvalue weighted by molar-refractivity contribution is 0.339. The van der Waals surface area contributed by atoms with Gasteiger partial charge in [-0.15, -0.1) is 0 Å². The highest BCUT2D eigenvalue weighted by Crippen LogP contribution is 2.39. The standard InChI is InChI=1S/C21H22N4/c22-21(11-9-14-7-8-18-19(12-14)24-13-23-18)10-3-5-16-15-4-1-2-6-17(15)25-20(16)21/h1-2,4,6-8,12-13,25H,3,5,9-11,22H2,(H,23,24). The van der Waals surface area contributed by atoms with Crippen LogP contribution in [0.5, 0.6) is 0 Å². The maximum atomic E-state index is 6.92. The molecule has 4 heteroatoms. The number of aromatic amines is 2. The van der Waals surface area contributed by atoms with E-state index in [1.54, 1.807) is 6.33 Å². The molecule has 4 aromatic rings. The lowest BCUT2D eigenvalue weighted by Crippen LogP contribution is -2.40. The Bertz CT molecular complexity index is 1060. The Morgan fingerprint density at radius 2 is 2.04 bits per heavy atom. The molecule has 1 unspecified atom stereocenters. The number of H-pyrrole nitrogens is 2.